The molecule has 1 amide bonds. The molecule has 1 fully saturated rings. The predicted molar refractivity (Wildman–Crippen MR) is 140 cm³/mol. The normalized spacial score (nSPS) is 29.7. The first kappa shape index (κ1) is 23.6. The minimum Gasteiger partial charge on any atom is -0.412 e. The van der Waals surface area contributed by atoms with Crippen LogP contribution in [-0.4, -0.2) is 63.3 Å². The van der Waals surface area contributed by atoms with Gasteiger partial charge in [-0.3, -0.25) is 4.79 Å². The number of carbonyl (C=O) groups excluding carboxylic acids is 1. The van der Waals surface area contributed by atoms with Gasteiger partial charge in [-0.05, 0) is 19.1 Å². The maximum atomic E-state index is 13.6. The number of hydrogen-bond donors (Lipinski definition) is 3. The molecule has 0 radical (unpaired) electrons. The Kier molecular flexibility index (Phi) is 4.68. The molecule has 8 rings (SSSR count). The monoisotopic (exact) mass is 517 g/mol. The van der Waals surface area contributed by atoms with Gasteiger partial charge in [0.05, 0.1) is 27.6 Å². The highest BCUT2D eigenvalue weighted by Gasteiger charge is 2.57. The molecule has 5 heterocycles. The molecule has 10 nitrogen and oxygen atoms in total. The van der Waals surface area contributed by atoms with E-state index in [9.17, 15) is 15.0 Å². The summed E-state index contributed by atoms with van der Waals surface area (Å²) in [5, 5.41) is 29.2. The van der Waals surface area contributed by atoms with Gasteiger partial charge in [-0.25, -0.2) is 0 Å². The van der Waals surface area contributed by atoms with Crippen LogP contribution in [0.5, 0.6) is 0 Å². The van der Waals surface area contributed by atoms with Crippen LogP contribution in [0.3, 0.4) is 0 Å². The highest BCUT2D eigenvalue weighted by atomic mass is 16.6. The number of nitrogens with one attached hydrogen (secondary N) is 1. The molecule has 2 bridgehead atoms. The predicted octanol–water partition coefficient (Wildman–Crippen LogP) is 2.42. The molecular formula is C28H27N3O7. The van der Waals surface area contributed by atoms with Crippen molar-refractivity contribution in [2.24, 2.45) is 0 Å². The lowest BCUT2D eigenvalue weighted by atomic mass is 9.93. The molecule has 6 atom stereocenters. The second-order valence-electron chi connectivity index (χ2n) is 10.3. The van der Waals surface area contributed by atoms with Crippen molar-refractivity contribution < 1.29 is 34.7 Å². The molecule has 3 aromatic carbocycles. The molecular weight excluding hydrogens is 490 g/mol. The van der Waals surface area contributed by atoms with E-state index in [0.29, 0.717) is 5.56 Å². The minimum absolute atomic E-state index is 0. The largest absolute Gasteiger partial charge is 0.412 e. The number of rotatable bonds is 2. The number of methoxy groups -OCH3 is 2. The van der Waals surface area contributed by atoms with Gasteiger partial charge in [-0.15, -0.1) is 0 Å². The minimum atomic E-state index is -1.27. The number of aliphatic hydroxyl groups is 2. The quantitative estimate of drug-likeness (QED) is 0.329. The molecule has 1 saturated heterocycles. The van der Waals surface area contributed by atoms with E-state index < -0.39 is 36.5 Å². The van der Waals surface area contributed by atoms with E-state index in [1.807, 2.05) is 60.0 Å². The van der Waals surface area contributed by atoms with Crippen LogP contribution in [0.1, 0.15) is 35.3 Å². The first-order valence-electron chi connectivity index (χ1n) is 12.3. The maximum Gasteiger partial charge on any atom is 0.254 e. The average Bonchev–Trinajstić information content (AvgIpc) is 3.51. The zero-order valence-corrected chi connectivity index (χ0v) is 20.9. The zero-order valence-electron chi connectivity index (χ0n) is 20.9. The van der Waals surface area contributed by atoms with Gasteiger partial charge in [0.15, 0.2) is 18.2 Å². The topological polar surface area (TPSA) is 139 Å². The lowest BCUT2D eigenvalue weighted by Crippen LogP contribution is -2.62. The average molecular weight is 518 g/mol. The Bertz CT molecular complexity index is 1820. The molecule has 0 saturated carbocycles. The van der Waals surface area contributed by atoms with E-state index >= 15 is 0 Å². The number of aromatic nitrogens is 2. The third-order valence-electron chi connectivity index (χ3n) is 8.58. The number of para-hydroxylation sites is 2. The first-order chi connectivity index (χ1) is 17.9. The number of aliphatic hydroxyl groups excluding tert-OH is 2. The molecule has 0 spiro atoms. The fourth-order valence-electron chi connectivity index (χ4n) is 7.20. The highest BCUT2D eigenvalue weighted by Crippen LogP contribution is 2.54. The molecule has 196 valence electrons. The van der Waals surface area contributed by atoms with Crippen LogP contribution < -0.4 is 5.32 Å². The standard InChI is InChI=1S/C28H25N3O6.H2O/c1-28-24(35-2)22(32)23(33)27(37-28)30-14-10-6-4-8-12(14)16-18-19(26(36-3)29-25(18)34)17-13-9-5-7-11-15(13)31(28)21(17)20(16)30;/h4-11,22-24,26-27,32-33H,1-3H3,(H,29,34);1H2/t22-,23+,24+,26-,27+,28-;/m0./s1. The highest BCUT2D eigenvalue weighted by molar-refractivity contribution is 6.31. The van der Waals surface area contributed by atoms with Gasteiger partial charge in [0, 0.05) is 41.3 Å². The van der Waals surface area contributed by atoms with Crippen molar-refractivity contribution >= 4 is 49.5 Å². The number of hydrogen-bond acceptors (Lipinski definition) is 6. The van der Waals surface area contributed by atoms with Crippen LogP contribution in [-0.2, 0) is 19.9 Å². The number of benzene rings is 3. The molecule has 0 unspecified atom stereocenters. The zero-order chi connectivity index (χ0) is 25.4. The van der Waals surface area contributed by atoms with Gasteiger partial charge in [-0.2, -0.15) is 0 Å². The van der Waals surface area contributed by atoms with E-state index in [2.05, 4.69) is 9.88 Å². The van der Waals surface area contributed by atoms with Gasteiger partial charge >= 0.3 is 0 Å². The van der Waals surface area contributed by atoms with Gasteiger partial charge in [0.1, 0.15) is 18.3 Å². The lowest BCUT2D eigenvalue weighted by Gasteiger charge is -2.48. The third-order valence-corrected chi connectivity index (χ3v) is 8.58. The smallest absolute Gasteiger partial charge is 0.254 e. The maximum absolute atomic E-state index is 13.6. The van der Waals surface area contributed by atoms with Crippen LogP contribution in [0.2, 0.25) is 0 Å². The summed E-state index contributed by atoms with van der Waals surface area (Å²) in [6.45, 7) is 1.89. The Morgan fingerprint density at radius 3 is 2.26 bits per heavy atom. The molecule has 5 N–H and O–H groups in total. The Hall–Kier alpha value is -3.51. The lowest BCUT2D eigenvalue weighted by molar-refractivity contribution is -0.314. The van der Waals surface area contributed by atoms with Crippen molar-refractivity contribution in [3.8, 4) is 0 Å². The van der Waals surface area contributed by atoms with Crippen molar-refractivity contribution in [2.45, 2.75) is 43.4 Å². The van der Waals surface area contributed by atoms with E-state index in [4.69, 9.17) is 14.2 Å². The van der Waals surface area contributed by atoms with E-state index in [-0.39, 0.29) is 11.4 Å². The van der Waals surface area contributed by atoms with Crippen molar-refractivity contribution in [3.05, 3.63) is 59.7 Å². The second-order valence-corrected chi connectivity index (χ2v) is 10.3. The third kappa shape index (κ3) is 2.42. The summed E-state index contributed by atoms with van der Waals surface area (Å²) in [6.07, 6.45) is -4.90. The van der Waals surface area contributed by atoms with Crippen LogP contribution >= 0.6 is 0 Å². The number of carbonyl (C=O) groups is 1. The van der Waals surface area contributed by atoms with Crippen molar-refractivity contribution in [3.63, 3.8) is 0 Å². The fraction of sp³-hybridized carbons (Fsp3) is 0.321. The van der Waals surface area contributed by atoms with Gasteiger partial charge in [0.2, 0.25) is 0 Å². The number of amides is 1. The molecule has 3 aliphatic rings. The summed E-state index contributed by atoms with van der Waals surface area (Å²) < 4.78 is 22.4. The van der Waals surface area contributed by atoms with Crippen molar-refractivity contribution in [2.75, 3.05) is 14.2 Å². The molecule has 0 aliphatic carbocycles. The van der Waals surface area contributed by atoms with Gasteiger partial charge in [-0.1, -0.05) is 36.4 Å². The summed E-state index contributed by atoms with van der Waals surface area (Å²) in [6, 6.07) is 15.7. The van der Waals surface area contributed by atoms with Crippen molar-refractivity contribution in [1.82, 2.24) is 14.5 Å². The first-order valence-corrected chi connectivity index (χ1v) is 12.3. The van der Waals surface area contributed by atoms with Crippen LogP contribution in [0.4, 0.5) is 0 Å². The summed E-state index contributed by atoms with van der Waals surface area (Å²) >= 11 is 0. The molecule has 38 heavy (non-hydrogen) atoms. The van der Waals surface area contributed by atoms with Crippen LogP contribution in [0.25, 0.3) is 43.6 Å². The summed E-state index contributed by atoms with van der Waals surface area (Å²) in [4.78, 5) is 13.6. The number of ether oxygens (including phenoxy) is 3. The Balaban J connectivity index is 0.00000242. The molecule has 2 aromatic heterocycles. The van der Waals surface area contributed by atoms with Crippen LogP contribution in [0, 0.1) is 0 Å². The molecule has 5 aromatic rings. The second kappa shape index (κ2) is 7.54. The summed E-state index contributed by atoms with van der Waals surface area (Å²) in [5.41, 5.74) is 3.45. The van der Waals surface area contributed by atoms with Crippen LogP contribution in [0.15, 0.2) is 48.5 Å². The molecule has 10 heteroatoms. The summed E-state index contributed by atoms with van der Waals surface area (Å²) in [7, 11) is 3.10. The van der Waals surface area contributed by atoms with E-state index in [1.54, 1.807) is 7.11 Å². The fourth-order valence-corrected chi connectivity index (χ4v) is 7.20. The van der Waals surface area contributed by atoms with E-state index in [0.717, 1.165) is 49.2 Å². The summed E-state index contributed by atoms with van der Waals surface area (Å²) in [5.74, 6) is -0.210. The molecule has 3 aliphatic heterocycles. The SMILES string of the molecule is CO[C@@H]1[C@@H](O)[C@@H](O)[C@H]2O[C@]1(C)n1c3ccccc3c3c4c(c5c6ccccc6n2c5c31)C(=O)N[C@H]4OC.O. The Morgan fingerprint density at radius 2 is 1.58 bits per heavy atom. The van der Waals surface area contributed by atoms with E-state index in [1.165, 1.54) is 7.11 Å². The Morgan fingerprint density at radius 1 is 0.921 bits per heavy atom. The number of fused-ring (bicyclic) bond motifs is 13. The Labute approximate surface area is 216 Å². The van der Waals surface area contributed by atoms with Gasteiger partial charge < -0.3 is 44.4 Å². The van der Waals surface area contributed by atoms with Gasteiger partial charge in [0.25, 0.3) is 5.91 Å². The number of nitrogens with zero attached hydrogens (tertiary/aromatic N) is 2. The van der Waals surface area contributed by atoms with Crippen molar-refractivity contribution in [1.29, 1.82) is 0 Å².